The molecule has 8 aliphatic rings. The van der Waals surface area contributed by atoms with Gasteiger partial charge >= 0.3 is 23.9 Å². The number of ether oxygens (including phenoxy) is 12. The summed E-state index contributed by atoms with van der Waals surface area (Å²) in [7, 11) is -5.44. The van der Waals surface area contributed by atoms with E-state index >= 15 is 0 Å². The molecule has 24 nitrogen and oxygen atoms in total. The Bertz CT molecular complexity index is 7560. The van der Waals surface area contributed by atoms with Crippen molar-refractivity contribution in [1.82, 2.24) is 19.6 Å². The Labute approximate surface area is 826 Å². The molecule has 0 amide bonds. The van der Waals surface area contributed by atoms with Crippen LogP contribution in [0.3, 0.4) is 0 Å². The van der Waals surface area contributed by atoms with Crippen molar-refractivity contribution < 1.29 is 182 Å². The van der Waals surface area contributed by atoms with Crippen molar-refractivity contribution in [3.63, 3.8) is 0 Å². The highest BCUT2D eigenvalue weighted by molar-refractivity contribution is 5.77. The number of hydrogen-bond acceptors (Lipinski definition) is 24. The summed E-state index contributed by atoms with van der Waals surface area (Å²) in [5.74, 6) is -46.7. The van der Waals surface area contributed by atoms with Crippen molar-refractivity contribution in [2.45, 2.75) is 260 Å². The molecule has 16 unspecified atom stereocenters. The maximum absolute atomic E-state index is 13.4. The number of esters is 4. The third-order valence-corrected chi connectivity index (χ3v) is 17.9. The summed E-state index contributed by atoms with van der Waals surface area (Å²) in [5, 5.41) is 0. The minimum absolute atomic E-state index is 0.168. The van der Waals surface area contributed by atoms with E-state index in [1.165, 1.54) is 55.4 Å². The van der Waals surface area contributed by atoms with Gasteiger partial charge in [0.1, 0.15) is 48.6 Å². The van der Waals surface area contributed by atoms with Crippen LogP contribution in [0.2, 0.25) is 0 Å². The molecule has 8 heterocycles. The van der Waals surface area contributed by atoms with Crippen LogP contribution in [-0.4, -0.2) is 201 Å². The number of rotatable bonds is 28. The van der Waals surface area contributed by atoms with Gasteiger partial charge in [0.05, 0.1) is 80.0 Å². The molecule has 8 N–H and O–H groups in total. The lowest BCUT2D eigenvalue weighted by atomic mass is 9.79. The summed E-state index contributed by atoms with van der Waals surface area (Å²) in [6.45, 7) is -33.6. The first kappa shape index (κ1) is 36.1. The summed E-state index contributed by atoms with van der Waals surface area (Å²) in [4.78, 5) is 52.3. The van der Waals surface area contributed by atoms with E-state index in [9.17, 15) is 46.6 Å². The molecular weight excluding hydrogens is 1520 g/mol. The van der Waals surface area contributed by atoms with Crippen molar-refractivity contribution in [1.29, 1.82) is 0 Å². The van der Waals surface area contributed by atoms with Gasteiger partial charge in [0, 0.05) is 207 Å². The summed E-state index contributed by atoms with van der Waals surface area (Å²) in [5.41, 5.74) is 15.1. The Kier molecular flexibility index (Phi) is 13.2. The molecule has 0 spiro atoms. The lowest BCUT2D eigenvalue weighted by molar-refractivity contribution is -0.161. The molecule has 24 heteroatoms. The Hall–Kier alpha value is -7.16. The molecule has 0 bridgehead atoms. The number of carbonyl (C=O) groups is 4. The quantitative estimate of drug-likeness (QED) is 0.0303. The van der Waals surface area contributed by atoms with Gasteiger partial charge in [-0.05, 0) is 191 Å². The van der Waals surface area contributed by atoms with Crippen molar-refractivity contribution in [3.05, 3.63) is 92.8 Å². The third kappa shape index (κ3) is 23.8. The van der Waals surface area contributed by atoms with Gasteiger partial charge < -0.3 is 79.8 Å². The molecule has 0 aromatic heterocycles. The van der Waals surface area contributed by atoms with Gasteiger partial charge in [0.25, 0.3) is 0 Å². The van der Waals surface area contributed by atoms with Gasteiger partial charge in [0.15, 0.2) is 46.0 Å². The fourth-order valence-corrected chi connectivity index (χ4v) is 11.4. The van der Waals surface area contributed by atoms with Crippen molar-refractivity contribution >= 4 is 23.9 Å². The summed E-state index contributed by atoms with van der Waals surface area (Å²) < 4.78 is 728. The number of benzene rings is 4. The van der Waals surface area contributed by atoms with Gasteiger partial charge in [-0.15, -0.1) is 0 Å². The van der Waals surface area contributed by atoms with Crippen molar-refractivity contribution in [2.75, 3.05) is 109 Å². The zero-order valence-electron chi connectivity index (χ0n) is 145. The first-order chi connectivity index (χ1) is 86.7. The van der Waals surface area contributed by atoms with Crippen LogP contribution in [0.25, 0.3) is 0 Å². The largest absolute Gasteiger partial charge is 0.493 e. The minimum atomic E-state index is -4.28. The lowest BCUT2D eigenvalue weighted by Gasteiger charge is -2.47. The molecule has 4 aromatic carbocycles. The Morgan fingerprint density at radius 1 is 0.367 bits per heavy atom. The molecule has 20 atom stereocenters. The first-order valence-corrected chi connectivity index (χ1v) is 36.7. The molecule has 4 fully saturated rings. The molecule has 0 saturated carbocycles. The average molecular weight is 1750 g/mol. The highest BCUT2D eigenvalue weighted by Crippen LogP contribution is 2.50. The zero-order valence-corrected chi connectivity index (χ0v) is 68.4. The maximum atomic E-state index is 13.4. The predicted octanol–water partition coefficient (Wildman–Crippen LogP) is 14.3. The van der Waals surface area contributed by atoms with Gasteiger partial charge in [-0.1, -0.05) is 110 Å². The molecule has 120 heavy (non-hydrogen) atoms. The van der Waals surface area contributed by atoms with E-state index < -0.39 is 488 Å². The fourth-order valence-electron chi connectivity index (χ4n) is 11.4. The first-order valence-electron chi connectivity index (χ1n) is 75.2. The zero-order chi connectivity index (χ0) is 156. The van der Waals surface area contributed by atoms with E-state index in [1.54, 1.807) is 0 Å². The number of nitrogens with two attached hydrogens (primary N) is 4. The van der Waals surface area contributed by atoms with Crippen molar-refractivity contribution in [2.24, 2.45) is 93.8 Å². The van der Waals surface area contributed by atoms with Crippen LogP contribution in [-0.2, 0) is 63.6 Å². The molecule has 12 rings (SSSR count). The summed E-state index contributed by atoms with van der Waals surface area (Å²) in [6, 6.07) is -26.1. The average Bonchev–Trinajstić information content (AvgIpc) is 0.653. The third-order valence-electron chi connectivity index (χ3n) is 17.9. The predicted molar refractivity (Wildman–Crippen MR) is 471 cm³/mol. The van der Waals surface area contributed by atoms with Crippen molar-refractivity contribution in [3.8, 4) is 46.0 Å². The Morgan fingerprint density at radius 3 is 0.742 bits per heavy atom. The van der Waals surface area contributed by atoms with Crippen LogP contribution >= 0.6 is 0 Å². The smallest absolute Gasteiger partial charge is 0.323 e. The molecule has 0 radical (unpaired) electrons. The number of methoxy groups -OCH3 is 8. The highest BCUT2D eigenvalue weighted by atomic mass is 16.6. The number of piperidine rings is 4. The Morgan fingerprint density at radius 2 is 0.558 bits per heavy atom. The molecule has 4 saturated heterocycles. The Balaban J connectivity index is 0.000000285. The second-order valence-electron chi connectivity index (χ2n) is 28.3. The molecule has 672 valence electrons. The van der Waals surface area contributed by atoms with Crippen LogP contribution in [0, 0.1) is 70.8 Å². The van der Waals surface area contributed by atoms with E-state index in [0.717, 1.165) is 35.5 Å². The van der Waals surface area contributed by atoms with Crippen LogP contribution in [0.4, 0.5) is 0 Å². The summed E-state index contributed by atoms with van der Waals surface area (Å²) in [6.07, 6.45) is -58.4. The minimum Gasteiger partial charge on any atom is -0.493 e. The van der Waals surface area contributed by atoms with Crippen LogP contribution < -0.4 is 60.8 Å². The fraction of sp³-hybridized carbons (Fsp3) is 0.708. The molecular formula is C96H152N8O16. The SMILES string of the molecule is [2H]c1c(OC([2H])([2H])[2H])c(OC([2H])([2H])[2H])c([2H])c2c1C1N(C([2H])([2H])C2([2H])[2H])C([2H])([2H])C([2H])(C([2H])([2H])C([2H])(C)C([2H])([2H])[2H])C(OC(=O)[C@@H](N)C(C)C)C1([2H])[2H].[2H]c1c(OC)c(OC([2H])([2H])[2H])c([2H])c2c1C1N(C([2H])([2H])C2([2H])[2H])C([2H])([2H])C([2H])(C([2H])([2H])C([2H])(C)C([2H])([2H])[2H])C(OC(=O)[C@@H](N)C(C)C)C1([2H])[2H].[2H]c1c(OC)c(OC)c([2H])c2c1C1N(C([2H])([2H])C2([2H])[2H])C([2H])([2H])C([2H])(C([2H])([2H])C([2H])(C)C([2H])([2H])[2H])C(OC(=O)[C@@H](N)C(C)C)C1([2H])[2H].[2H]c1c(OC)c(OC)c([2H])c2c1C1N(C([2H])([2H])C2([2H])[2H])C([2H])([2H])C([2H])(C([2H])([2H])C([2H])(C)C([2H])([2H])[2H])C(OC(=O)[C@@H](N)C(C)C)C1([2H])[2H]. The second-order valence-corrected chi connectivity index (χ2v) is 28.3. The van der Waals surface area contributed by atoms with E-state index in [2.05, 4.69) is 0 Å². The van der Waals surface area contributed by atoms with Gasteiger partial charge in [0.2, 0.25) is 0 Å². The molecule has 0 aliphatic carbocycles. The monoisotopic (exact) mass is 1750 g/mol. The molecule has 8 aliphatic heterocycles. The number of hydrogen-bond donors (Lipinski definition) is 4. The van der Waals surface area contributed by atoms with E-state index in [0.29, 0.717) is 27.7 Å². The number of carbonyl (C=O) groups excluding carboxylic acids is 4. The van der Waals surface area contributed by atoms with Gasteiger partial charge in [-0.3, -0.25) is 38.8 Å². The van der Waals surface area contributed by atoms with E-state index in [-0.39, 0.29) is 14.7 Å². The number of fused-ring (bicyclic) bond motifs is 12. The van der Waals surface area contributed by atoms with Crippen LogP contribution in [0.5, 0.6) is 46.0 Å². The second kappa shape index (κ2) is 43.9. The standard InChI is InChI=1S/4C24H38N2O4/c4*1-14(2)9-17-13-26-8-7-16-10-21(28-5)22(29-6)11-18(16)19(26)12-20(17)30-24(27)23(25)15(3)4/h4*10-11,14-15,17,19-20,23H,7-9,12-13,25H2,1-6H3/t4*17?,19?,20?,23-/m0000/s1/i1D3,5D3,6D3,7D2,8D2,9D2,10D,11D,12D2,13D2,14D,17D;1D3,5D3,7D2,8D2,9D2,10D,11D,12D2,13D2,14D,17D;2*1D3,7D2,8D2,9D2,10D,11D,12D2,13D2,14D,17D/t4*14?,17?,19?,20?,23-. The summed E-state index contributed by atoms with van der Waals surface area (Å²) >= 11 is 0. The highest BCUT2D eigenvalue weighted by Gasteiger charge is 2.47. The van der Waals surface area contributed by atoms with Gasteiger partial charge in [-0.25, -0.2) is 0 Å². The lowest BCUT2D eigenvalue weighted by Crippen LogP contribution is -2.51. The normalized spacial score (nSPS) is 46.7. The maximum Gasteiger partial charge on any atom is 0.323 e. The number of nitrogens with zero attached hydrogens (tertiary/aromatic N) is 4. The molecule has 4 aromatic rings. The topological polar surface area (TPSA) is 296 Å². The van der Waals surface area contributed by atoms with Crippen LogP contribution in [0.15, 0.2) is 48.3 Å². The van der Waals surface area contributed by atoms with Gasteiger partial charge in [-0.2, -0.15) is 0 Å². The van der Waals surface area contributed by atoms with E-state index in [1.807, 2.05) is 0 Å². The van der Waals surface area contributed by atoms with E-state index in [4.69, 9.17) is 158 Å². The van der Waals surface area contributed by atoms with Crippen LogP contribution in [0.1, 0.15) is 336 Å².